The van der Waals surface area contributed by atoms with E-state index in [0.29, 0.717) is 0 Å². The minimum Gasteiger partial charge on any atom is -0.372 e. The summed E-state index contributed by atoms with van der Waals surface area (Å²) in [6, 6.07) is 16.8. The number of benzene rings is 2. The molecule has 2 aromatic rings. The van der Waals surface area contributed by atoms with Gasteiger partial charge in [0.25, 0.3) is 0 Å². The van der Waals surface area contributed by atoms with E-state index in [0.717, 1.165) is 23.4 Å². The standard InChI is InChI=1S/C18H20ClN.C10H21N.C2H4O/c19-18-11-4-3-10-17(18)15-8-7-9-16(14-15)20-12-5-1-2-6-13-20;1-5-7-8-11(4)9-10(3)6-2;1-2-3/h3-4,7-11,14H,1-2,5-6,12-13H2;6H,5,7-9H2,1-4H3;2H,1H3. The number of aldehydes is 1. The first kappa shape index (κ1) is 29.9. The third-order valence-corrected chi connectivity index (χ3v) is 6.24. The van der Waals surface area contributed by atoms with Gasteiger partial charge in [-0.05, 0) is 77.4 Å². The molecule has 0 atom stereocenters. The smallest absolute Gasteiger partial charge is 0.116 e. The van der Waals surface area contributed by atoms with Crippen molar-refractivity contribution in [3.8, 4) is 11.1 Å². The van der Waals surface area contributed by atoms with Crippen molar-refractivity contribution in [3.05, 3.63) is 65.2 Å². The fourth-order valence-electron chi connectivity index (χ4n) is 3.92. The first-order valence-corrected chi connectivity index (χ1v) is 13.1. The summed E-state index contributed by atoms with van der Waals surface area (Å²) in [6.07, 6.45) is 10.9. The molecule has 1 heterocycles. The number of rotatable bonds is 7. The van der Waals surface area contributed by atoms with Gasteiger partial charge in [0, 0.05) is 35.9 Å². The van der Waals surface area contributed by atoms with Gasteiger partial charge in [-0.1, -0.05) is 79.8 Å². The first-order chi connectivity index (χ1) is 16.5. The van der Waals surface area contributed by atoms with Crippen LogP contribution in [0.4, 0.5) is 5.69 Å². The van der Waals surface area contributed by atoms with Crippen molar-refractivity contribution in [1.82, 2.24) is 4.90 Å². The highest BCUT2D eigenvalue weighted by molar-refractivity contribution is 6.33. The highest BCUT2D eigenvalue weighted by Crippen LogP contribution is 2.30. The van der Waals surface area contributed by atoms with Crippen LogP contribution in [-0.2, 0) is 4.79 Å². The molecule has 0 bridgehead atoms. The predicted molar refractivity (Wildman–Crippen MR) is 151 cm³/mol. The molecule has 0 N–H and O–H groups in total. The topological polar surface area (TPSA) is 23.6 Å². The number of hydrogen-bond donors (Lipinski definition) is 0. The van der Waals surface area contributed by atoms with Gasteiger partial charge in [0.15, 0.2) is 0 Å². The second-order valence-electron chi connectivity index (χ2n) is 8.89. The normalized spacial score (nSPS) is 13.9. The van der Waals surface area contributed by atoms with E-state index in [1.165, 1.54) is 81.9 Å². The van der Waals surface area contributed by atoms with Crippen LogP contribution in [0.3, 0.4) is 0 Å². The zero-order chi connectivity index (χ0) is 25.2. The van der Waals surface area contributed by atoms with Crippen LogP contribution in [-0.4, -0.2) is 44.4 Å². The van der Waals surface area contributed by atoms with E-state index in [-0.39, 0.29) is 0 Å². The molecule has 0 amide bonds. The lowest BCUT2D eigenvalue weighted by molar-refractivity contribution is -0.106. The molecule has 0 aliphatic carbocycles. The van der Waals surface area contributed by atoms with Crippen molar-refractivity contribution in [3.63, 3.8) is 0 Å². The van der Waals surface area contributed by atoms with Crippen LogP contribution >= 0.6 is 11.6 Å². The molecule has 1 aliphatic rings. The van der Waals surface area contributed by atoms with Crippen LogP contribution in [0.15, 0.2) is 60.2 Å². The summed E-state index contributed by atoms with van der Waals surface area (Å²) in [4.78, 5) is 13.7. The molecule has 3 nitrogen and oxygen atoms in total. The number of carbonyl (C=O) groups is 1. The van der Waals surface area contributed by atoms with Gasteiger partial charge in [-0.15, -0.1) is 0 Å². The van der Waals surface area contributed by atoms with E-state index >= 15 is 0 Å². The molecule has 1 fully saturated rings. The van der Waals surface area contributed by atoms with Gasteiger partial charge in [0.1, 0.15) is 6.29 Å². The molecule has 1 saturated heterocycles. The van der Waals surface area contributed by atoms with Crippen LogP contribution in [0, 0.1) is 0 Å². The molecular weight excluding hydrogens is 440 g/mol. The summed E-state index contributed by atoms with van der Waals surface area (Å²) in [5.41, 5.74) is 5.11. The first-order valence-electron chi connectivity index (χ1n) is 12.8. The minimum atomic E-state index is 0.750. The van der Waals surface area contributed by atoms with Gasteiger partial charge >= 0.3 is 0 Å². The number of anilines is 1. The molecular formula is C30H45ClN2O. The zero-order valence-electron chi connectivity index (χ0n) is 22.0. The molecule has 0 aromatic heterocycles. The molecule has 4 heteroatoms. The van der Waals surface area contributed by atoms with Crippen LogP contribution in [0.2, 0.25) is 5.02 Å². The maximum atomic E-state index is 8.81. The SMILES string of the molecule is CC=C(C)CN(C)CCCC.CC=O.Clc1ccccc1-c1cccc(N2CCCCCC2)c1. The van der Waals surface area contributed by atoms with Crippen LogP contribution in [0.25, 0.3) is 11.1 Å². The van der Waals surface area contributed by atoms with Crippen LogP contribution < -0.4 is 4.90 Å². The molecule has 188 valence electrons. The van der Waals surface area contributed by atoms with E-state index in [4.69, 9.17) is 16.4 Å². The van der Waals surface area contributed by atoms with Gasteiger partial charge < -0.3 is 14.6 Å². The average molecular weight is 485 g/mol. The summed E-state index contributed by atoms with van der Waals surface area (Å²) >= 11 is 6.31. The molecule has 34 heavy (non-hydrogen) atoms. The van der Waals surface area contributed by atoms with Crippen LogP contribution in [0.5, 0.6) is 0 Å². The molecule has 1 aliphatic heterocycles. The van der Waals surface area contributed by atoms with Gasteiger partial charge in [-0.25, -0.2) is 0 Å². The van der Waals surface area contributed by atoms with Crippen molar-refractivity contribution < 1.29 is 4.79 Å². The fraction of sp³-hybridized carbons (Fsp3) is 0.500. The molecule has 0 unspecified atom stereocenters. The number of nitrogens with zero attached hydrogens (tertiary/aromatic N) is 2. The van der Waals surface area contributed by atoms with E-state index < -0.39 is 0 Å². The molecule has 0 radical (unpaired) electrons. The Bertz CT molecular complexity index is 841. The third kappa shape index (κ3) is 11.9. The monoisotopic (exact) mass is 484 g/mol. The van der Waals surface area contributed by atoms with E-state index in [1.54, 1.807) is 0 Å². The van der Waals surface area contributed by atoms with Crippen molar-refractivity contribution in [2.75, 3.05) is 38.1 Å². The summed E-state index contributed by atoms with van der Waals surface area (Å²) in [7, 11) is 2.18. The predicted octanol–water partition coefficient (Wildman–Crippen LogP) is 8.28. The largest absolute Gasteiger partial charge is 0.372 e. The Morgan fingerprint density at radius 2 is 1.68 bits per heavy atom. The quantitative estimate of drug-likeness (QED) is 0.291. The summed E-state index contributed by atoms with van der Waals surface area (Å²) in [5, 5.41) is 0.820. The Morgan fingerprint density at radius 1 is 1.03 bits per heavy atom. The number of likely N-dealkylation sites (N-methyl/N-ethyl adjacent to an activating group) is 1. The van der Waals surface area contributed by atoms with Crippen molar-refractivity contribution >= 4 is 23.6 Å². The Balaban J connectivity index is 0.000000352. The Kier molecular flexibility index (Phi) is 16.1. The molecule has 3 rings (SSSR count). The fourth-order valence-corrected chi connectivity index (χ4v) is 4.16. The number of carbonyl (C=O) groups excluding carboxylic acids is 1. The number of unbranched alkanes of at least 4 members (excludes halogenated alkanes) is 1. The Hall–Kier alpha value is -2.10. The van der Waals surface area contributed by atoms with Gasteiger partial charge in [0.05, 0.1) is 0 Å². The summed E-state index contributed by atoms with van der Waals surface area (Å²) in [5.74, 6) is 0. The van der Waals surface area contributed by atoms with Gasteiger partial charge in [0.2, 0.25) is 0 Å². The van der Waals surface area contributed by atoms with Crippen molar-refractivity contribution in [2.24, 2.45) is 0 Å². The van der Waals surface area contributed by atoms with Crippen molar-refractivity contribution in [2.45, 2.75) is 66.2 Å². The maximum Gasteiger partial charge on any atom is 0.116 e. The lowest BCUT2D eigenvalue weighted by atomic mass is 10.0. The summed E-state index contributed by atoms with van der Waals surface area (Å²) < 4.78 is 0. The lowest BCUT2D eigenvalue weighted by Gasteiger charge is -2.23. The van der Waals surface area contributed by atoms with Crippen LogP contribution in [0.1, 0.15) is 66.2 Å². The summed E-state index contributed by atoms with van der Waals surface area (Å²) in [6.45, 7) is 12.7. The molecule has 0 saturated carbocycles. The highest BCUT2D eigenvalue weighted by Gasteiger charge is 2.11. The average Bonchev–Trinajstić information content (AvgIpc) is 3.14. The van der Waals surface area contributed by atoms with Gasteiger partial charge in [-0.3, -0.25) is 0 Å². The van der Waals surface area contributed by atoms with E-state index in [9.17, 15) is 0 Å². The minimum absolute atomic E-state index is 0.750. The number of allylic oxidation sites excluding steroid dienone is 1. The Morgan fingerprint density at radius 3 is 2.26 bits per heavy atom. The highest BCUT2D eigenvalue weighted by atomic mass is 35.5. The van der Waals surface area contributed by atoms with E-state index in [2.05, 4.69) is 74.0 Å². The third-order valence-electron chi connectivity index (χ3n) is 5.91. The number of halogens is 1. The molecule has 0 spiro atoms. The maximum absolute atomic E-state index is 8.81. The lowest BCUT2D eigenvalue weighted by Crippen LogP contribution is -2.23. The Labute approximate surface area is 213 Å². The molecule has 2 aromatic carbocycles. The number of hydrogen-bond acceptors (Lipinski definition) is 3. The van der Waals surface area contributed by atoms with Crippen molar-refractivity contribution in [1.29, 1.82) is 0 Å². The zero-order valence-corrected chi connectivity index (χ0v) is 22.8. The van der Waals surface area contributed by atoms with Gasteiger partial charge in [-0.2, -0.15) is 0 Å². The van der Waals surface area contributed by atoms with E-state index in [1.807, 2.05) is 18.2 Å². The second-order valence-corrected chi connectivity index (χ2v) is 9.30. The second kappa shape index (κ2) is 18.3.